The van der Waals surface area contributed by atoms with E-state index < -0.39 is 5.60 Å². The zero-order valence-corrected chi connectivity index (χ0v) is 23.4. The highest BCUT2D eigenvalue weighted by atomic mass is 16.5. The Morgan fingerprint density at radius 3 is 2.63 bits per heavy atom. The molecule has 1 atom stereocenters. The third kappa shape index (κ3) is 7.51. The fourth-order valence-electron chi connectivity index (χ4n) is 5.18. The zero-order valence-electron chi connectivity index (χ0n) is 23.4. The summed E-state index contributed by atoms with van der Waals surface area (Å²) in [4.78, 5) is 6.80. The zero-order chi connectivity index (χ0) is 27.0. The fraction of sp³-hybridized carbons (Fsp3) is 0.516. The molecule has 206 valence electrons. The number of aryl methyl sites for hydroxylation is 4. The normalized spacial score (nSPS) is 18.2. The van der Waals surface area contributed by atoms with Gasteiger partial charge in [-0.15, -0.1) is 0 Å². The molecule has 0 bridgehead atoms. The van der Waals surface area contributed by atoms with Crippen LogP contribution in [-0.2, 0) is 19.5 Å². The topological polar surface area (TPSA) is 69.0 Å². The molecule has 1 N–H and O–H groups in total. The molecule has 0 radical (unpaired) electrons. The van der Waals surface area contributed by atoms with E-state index in [9.17, 15) is 5.11 Å². The van der Waals surface area contributed by atoms with E-state index in [4.69, 9.17) is 14.2 Å². The van der Waals surface area contributed by atoms with Crippen molar-refractivity contribution in [3.8, 4) is 17.2 Å². The Balaban J connectivity index is 1.29. The van der Waals surface area contributed by atoms with E-state index in [1.165, 1.54) is 11.1 Å². The highest BCUT2D eigenvalue weighted by molar-refractivity contribution is 5.43. The molecule has 2 aromatic carbocycles. The van der Waals surface area contributed by atoms with Crippen molar-refractivity contribution in [2.45, 2.75) is 71.6 Å². The van der Waals surface area contributed by atoms with Gasteiger partial charge >= 0.3 is 0 Å². The molecule has 1 fully saturated rings. The van der Waals surface area contributed by atoms with E-state index in [1.807, 2.05) is 24.5 Å². The number of hydrogen-bond donors (Lipinski definition) is 1. The number of methoxy groups -OCH3 is 1. The van der Waals surface area contributed by atoms with Gasteiger partial charge in [0.1, 0.15) is 18.2 Å². The first-order valence-electron chi connectivity index (χ1n) is 13.8. The summed E-state index contributed by atoms with van der Waals surface area (Å²) >= 11 is 0. The van der Waals surface area contributed by atoms with Gasteiger partial charge in [-0.3, -0.25) is 4.90 Å². The van der Waals surface area contributed by atoms with Gasteiger partial charge < -0.3 is 23.9 Å². The molecule has 0 spiro atoms. The van der Waals surface area contributed by atoms with Crippen LogP contribution < -0.4 is 14.2 Å². The first-order chi connectivity index (χ1) is 18.4. The molecule has 0 amide bonds. The molecule has 2 heterocycles. The van der Waals surface area contributed by atoms with Crippen LogP contribution in [0.3, 0.4) is 0 Å². The van der Waals surface area contributed by atoms with Gasteiger partial charge in [0.05, 0.1) is 19.3 Å². The summed E-state index contributed by atoms with van der Waals surface area (Å²) in [6.07, 6.45) is 8.06. The van der Waals surface area contributed by atoms with E-state index >= 15 is 0 Å². The molecule has 1 aromatic heterocycles. The Morgan fingerprint density at radius 2 is 1.84 bits per heavy atom. The molecule has 1 saturated heterocycles. The van der Waals surface area contributed by atoms with Crippen LogP contribution in [0.25, 0.3) is 0 Å². The van der Waals surface area contributed by atoms with Crippen molar-refractivity contribution >= 4 is 0 Å². The Morgan fingerprint density at radius 1 is 1.00 bits per heavy atom. The SMILES string of the molecule is CCc1nccn1CCCOc1cc(CN2CCC[C@@](O)(COc3ccc(C)cc3C)CC2)ccc1OC. The van der Waals surface area contributed by atoms with Gasteiger partial charge in [0.15, 0.2) is 11.5 Å². The van der Waals surface area contributed by atoms with Crippen LogP contribution in [0, 0.1) is 13.8 Å². The standard InChI is InChI=1S/C31H43N3O4/c1-5-30-32-14-18-34(30)16-7-19-37-29-21-26(9-11-28(29)36-4)22-33-15-6-12-31(35,13-17-33)23-38-27-10-8-24(2)20-25(27)3/h8-11,14,18,20-21,35H,5-7,12-13,15-17,19,22-23H2,1-4H3/t31-/m0/s1. The number of nitrogens with zero attached hydrogens (tertiary/aromatic N) is 3. The predicted molar refractivity (Wildman–Crippen MR) is 150 cm³/mol. The summed E-state index contributed by atoms with van der Waals surface area (Å²) in [5, 5.41) is 11.3. The molecule has 1 aliphatic rings. The minimum absolute atomic E-state index is 0.323. The summed E-state index contributed by atoms with van der Waals surface area (Å²) < 4.78 is 19.9. The quantitative estimate of drug-likeness (QED) is 0.325. The van der Waals surface area contributed by atoms with Crippen LogP contribution in [0.5, 0.6) is 17.2 Å². The number of ether oxygens (including phenoxy) is 3. The van der Waals surface area contributed by atoms with Crippen molar-refractivity contribution < 1.29 is 19.3 Å². The van der Waals surface area contributed by atoms with Gasteiger partial charge in [-0.05, 0) is 75.4 Å². The average molecular weight is 522 g/mol. The lowest BCUT2D eigenvalue weighted by atomic mass is 9.96. The Hall–Kier alpha value is -3.03. The maximum absolute atomic E-state index is 11.3. The van der Waals surface area contributed by atoms with Crippen molar-refractivity contribution in [1.82, 2.24) is 14.5 Å². The molecule has 0 aliphatic carbocycles. The van der Waals surface area contributed by atoms with E-state index in [1.54, 1.807) is 7.11 Å². The summed E-state index contributed by atoms with van der Waals surface area (Å²) in [7, 11) is 1.68. The maximum atomic E-state index is 11.3. The van der Waals surface area contributed by atoms with Crippen LogP contribution in [0.4, 0.5) is 0 Å². The lowest BCUT2D eigenvalue weighted by Crippen LogP contribution is -2.37. The summed E-state index contributed by atoms with van der Waals surface area (Å²) in [5.74, 6) is 3.48. The Bertz CT molecular complexity index is 1180. The second kappa shape index (κ2) is 13.2. The van der Waals surface area contributed by atoms with Crippen molar-refractivity contribution in [3.05, 3.63) is 71.3 Å². The second-order valence-electron chi connectivity index (χ2n) is 10.5. The number of likely N-dealkylation sites (tertiary alicyclic amines) is 1. The van der Waals surface area contributed by atoms with E-state index in [2.05, 4.69) is 59.5 Å². The van der Waals surface area contributed by atoms with Crippen molar-refractivity contribution in [2.24, 2.45) is 0 Å². The van der Waals surface area contributed by atoms with Crippen LogP contribution >= 0.6 is 0 Å². The van der Waals surface area contributed by atoms with Crippen molar-refractivity contribution in [1.29, 1.82) is 0 Å². The fourth-order valence-corrected chi connectivity index (χ4v) is 5.18. The lowest BCUT2D eigenvalue weighted by molar-refractivity contribution is -0.0170. The number of imidazole rings is 1. The van der Waals surface area contributed by atoms with Crippen molar-refractivity contribution in [3.63, 3.8) is 0 Å². The van der Waals surface area contributed by atoms with Gasteiger partial charge in [-0.1, -0.05) is 30.7 Å². The molecule has 7 heteroatoms. The van der Waals surface area contributed by atoms with Gasteiger partial charge in [-0.25, -0.2) is 4.98 Å². The maximum Gasteiger partial charge on any atom is 0.161 e. The van der Waals surface area contributed by atoms with Gasteiger partial charge in [0, 0.05) is 38.4 Å². The molecule has 38 heavy (non-hydrogen) atoms. The average Bonchev–Trinajstić information content (AvgIpc) is 3.29. The first kappa shape index (κ1) is 28.0. The summed E-state index contributed by atoms with van der Waals surface area (Å²) in [6, 6.07) is 12.3. The third-order valence-corrected chi connectivity index (χ3v) is 7.39. The van der Waals surface area contributed by atoms with E-state index in [0.717, 1.165) is 80.5 Å². The third-order valence-electron chi connectivity index (χ3n) is 7.39. The van der Waals surface area contributed by atoms with Gasteiger partial charge in [-0.2, -0.15) is 0 Å². The molecule has 0 saturated carbocycles. The Labute approximate surface area is 227 Å². The minimum atomic E-state index is -0.812. The smallest absolute Gasteiger partial charge is 0.161 e. The number of rotatable bonds is 12. The second-order valence-corrected chi connectivity index (χ2v) is 10.5. The molecule has 3 aromatic rings. The monoisotopic (exact) mass is 521 g/mol. The van der Waals surface area contributed by atoms with Crippen LogP contribution in [0.15, 0.2) is 48.8 Å². The number of aliphatic hydroxyl groups is 1. The lowest BCUT2D eigenvalue weighted by Gasteiger charge is -2.27. The molecular weight excluding hydrogens is 478 g/mol. The predicted octanol–water partition coefficient (Wildman–Crippen LogP) is 5.34. The summed E-state index contributed by atoms with van der Waals surface area (Å²) in [6.45, 7) is 10.6. The molecule has 4 rings (SSSR count). The molecule has 7 nitrogen and oxygen atoms in total. The van der Waals surface area contributed by atoms with Gasteiger partial charge in [0.25, 0.3) is 0 Å². The van der Waals surface area contributed by atoms with E-state index in [0.29, 0.717) is 19.6 Å². The van der Waals surface area contributed by atoms with Gasteiger partial charge in [0.2, 0.25) is 0 Å². The van der Waals surface area contributed by atoms with Crippen LogP contribution in [0.2, 0.25) is 0 Å². The highest BCUT2D eigenvalue weighted by Gasteiger charge is 2.31. The molecular formula is C31H43N3O4. The number of aromatic nitrogens is 2. The highest BCUT2D eigenvalue weighted by Crippen LogP contribution is 2.30. The van der Waals surface area contributed by atoms with Crippen LogP contribution in [-0.4, -0.2) is 58.6 Å². The molecule has 1 aliphatic heterocycles. The Kier molecular flexibility index (Phi) is 9.69. The summed E-state index contributed by atoms with van der Waals surface area (Å²) in [5.41, 5.74) is 2.69. The van der Waals surface area contributed by atoms with Crippen LogP contribution in [0.1, 0.15) is 55.1 Å². The molecule has 0 unspecified atom stereocenters. The minimum Gasteiger partial charge on any atom is -0.493 e. The van der Waals surface area contributed by atoms with E-state index in [-0.39, 0.29) is 0 Å². The van der Waals surface area contributed by atoms with Crippen molar-refractivity contribution in [2.75, 3.05) is 33.4 Å². The largest absolute Gasteiger partial charge is 0.493 e. The first-order valence-corrected chi connectivity index (χ1v) is 13.8. The number of hydrogen-bond acceptors (Lipinski definition) is 6. The number of benzene rings is 2.